The van der Waals surface area contributed by atoms with Crippen LogP contribution in [0.4, 0.5) is 8.78 Å². The monoisotopic (exact) mass is 286 g/mol. The summed E-state index contributed by atoms with van der Waals surface area (Å²) in [4.78, 5) is 12.3. The minimum Gasteiger partial charge on any atom is -0.294 e. The number of carbonyl (C=O) groups excluding carboxylic acids is 1. The molecule has 3 rings (SSSR count). The van der Waals surface area contributed by atoms with Crippen molar-refractivity contribution < 1.29 is 13.6 Å². The molecule has 0 aliphatic heterocycles. The largest absolute Gasteiger partial charge is 0.294 e. The lowest BCUT2D eigenvalue weighted by atomic mass is 9.79. The smallest absolute Gasteiger partial charge is 0.167 e. The molecule has 1 aliphatic carbocycles. The maximum absolute atomic E-state index is 13.6. The van der Waals surface area contributed by atoms with Crippen LogP contribution in [-0.4, -0.2) is 5.78 Å². The molecule has 0 aromatic heterocycles. The Labute approximate surface area is 122 Å². The zero-order valence-electron chi connectivity index (χ0n) is 11.6. The van der Waals surface area contributed by atoms with Gasteiger partial charge in [0.25, 0.3) is 0 Å². The number of hydrogen-bond acceptors (Lipinski definition) is 1. The number of carbonyl (C=O) groups is 1. The lowest BCUT2D eigenvalue weighted by molar-refractivity contribution is 0.0990. The number of Topliss-reactive ketones (excluding diaryl/α,β-unsaturated/α-hetero) is 1. The molecule has 0 saturated heterocycles. The van der Waals surface area contributed by atoms with Crippen molar-refractivity contribution in [2.45, 2.75) is 31.6 Å². The normalized spacial score (nSPS) is 14.8. The number of ketones is 1. The van der Waals surface area contributed by atoms with Gasteiger partial charge in [-0.3, -0.25) is 4.79 Å². The van der Waals surface area contributed by atoms with Crippen LogP contribution in [0.3, 0.4) is 0 Å². The lowest BCUT2D eigenvalue weighted by Gasteiger charge is -2.26. The molecule has 108 valence electrons. The molecule has 0 spiro atoms. The highest BCUT2D eigenvalue weighted by molar-refractivity contribution is 5.97. The van der Waals surface area contributed by atoms with Crippen molar-refractivity contribution >= 4 is 5.78 Å². The van der Waals surface area contributed by atoms with Gasteiger partial charge >= 0.3 is 0 Å². The molecule has 0 N–H and O–H groups in total. The van der Waals surface area contributed by atoms with E-state index >= 15 is 0 Å². The summed E-state index contributed by atoms with van der Waals surface area (Å²) in [5.41, 5.74) is 1.53. The van der Waals surface area contributed by atoms with Gasteiger partial charge in [-0.2, -0.15) is 0 Å². The van der Waals surface area contributed by atoms with Crippen molar-refractivity contribution in [1.29, 1.82) is 0 Å². The van der Waals surface area contributed by atoms with Gasteiger partial charge in [-0.1, -0.05) is 30.7 Å². The SMILES string of the molecule is O=C(Cc1c(F)cccc1F)c1cccc(C2CCC2)c1. The molecule has 3 heteroatoms. The van der Waals surface area contributed by atoms with Gasteiger partial charge in [-0.25, -0.2) is 8.78 Å². The second kappa shape index (κ2) is 5.76. The first-order valence-corrected chi connectivity index (χ1v) is 7.21. The van der Waals surface area contributed by atoms with Gasteiger partial charge in [0.15, 0.2) is 5.78 Å². The molecule has 2 aromatic carbocycles. The third-order valence-electron chi connectivity index (χ3n) is 4.18. The fourth-order valence-electron chi connectivity index (χ4n) is 2.67. The minimum absolute atomic E-state index is 0.156. The molecule has 1 saturated carbocycles. The van der Waals surface area contributed by atoms with Gasteiger partial charge in [0.2, 0.25) is 0 Å². The highest BCUT2D eigenvalue weighted by atomic mass is 19.1. The van der Waals surface area contributed by atoms with E-state index in [9.17, 15) is 13.6 Å². The Bertz CT molecular complexity index is 654. The molecule has 0 atom stereocenters. The quantitative estimate of drug-likeness (QED) is 0.747. The zero-order chi connectivity index (χ0) is 14.8. The lowest BCUT2D eigenvalue weighted by Crippen LogP contribution is -2.11. The van der Waals surface area contributed by atoms with Crippen molar-refractivity contribution in [2.75, 3.05) is 0 Å². The number of rotatable bonds is 4. The van der Waals surface area contributed by atoms with E-state index in [1.54, 1.807) is 6.07 Å². The summed E-state index contributed by atoms with van der Waals surface area (Å²) >= 11 is 0. The van der Waals surface area contributed by atoms with Crippen molar-refractivity contribution in [3.63, 3.8) is 0 Å². The Morgan fingerprint density at radius 1 is 1.05 bits per heavy atom. The topological polar surface area (TPSA) is 17.1 Å². The molecule has 2 aromatic rings. The number of halogens is 2. The Hall–Kier alpha value is -2.03. The van der Waals surface area contributed by atoms with Crippen molar-refractivity contribution in [1.82, 2.24) is 0 Å². The summed E-state index contributed by atoms with van der Waals surface area (Å²) in [7, 11) is 0. The van der Waals surface area contributed by atoms with E-state index in [1.807, 2.05) is 18.2 Å². The first-order valence-electron chi connectivity index (χ1n) is 7.21. The maximum atomic E-state index is 13.6. The van der Waals surface area contributed by atoms with Gasteiger partial charge in [-0.15, -0.1) is 0 Å². The third kappa shape index (κ3) is 2.87. The van der Waals surface area contributed by atoms with Crippen molar-refractivity contribution in [2.24, 2.45) is 0 Å². The molecular weight excluding hydrogens is 270 g/mol. The molecular formula is C18H16F2O. The third-order valence-corrected chi connectivity index (χ3v) is 4.18. The van der Waals surface area contributed by atoms with Gasteiger partial charge in [0.05, 0.1) is 0 Å². The first kappa shape index (κ1) is 13.9. The van der Waals surface area contributed by atoms with Crippen LogP contribution in [0.1, 0.15) is 46.7 Å². The van der Waals surface area contributed by atoms with Crippen LogP contribution in [0, 0.1) is 11.6 Å². The van der Waals surface area contributed by atoms with Crippen molar-refractivity contribution in [3.8, 4) is 0 Å². The van der Waals surface area contributed by atoms with Crippen LogP contribution in [0.2, 0.25) is 0 Å². The van der Waals surface area contributed by atoms with E-state index < -0.39 is 11.6 Å². The number of hydrogen-bond donors (Lipinski definition) is 0. The fourth-order valence-corrected chi connectivity index (χ4v) is 2.67. The molecule has 0 heterocycles. The van der Waals surface area contributed by atoms with Crippen molar-refractivity contribution in [3.05, 3.63) is 70.8 Å². The molecule has 1 fully saturated rings. The second-order valence-corrected chi connectivity index (χ2v) is 5.55. The first-order chi connectivity index (χ1) is 10.1. The maximum Gasteiger partial charge on any atom is 0.167 e. The summed E-state index contributed by atoms with van der Waals surface area (Å²) < 4.78 is 27.2. The summed E-state index contributed by atoms with van der Waals surface area (Å²) in [6, 6.07) is 11.1. The van der Waals surface area contributed by atoms with Crippen LogP contribution < -0.4 is 0 Å². The van der Waals surface area contributed by atoms with Crippen LogP contribution in [0.15, 0.2) is 42.5 Å². The summed E-state index contributed by atoms with van der Waals surface area (Å²) in [6.07, 6.45) is 3.29. The predicted molar refractivity (Wildman–Crippen MR) is 77.4 cm³/mol. The standard InChI is InChI=1S/C18H16F2O/c19-16-8-3-9-17(20)15(16)11-18(21)14-7-2-6-13(10-14)12-4-1-5-12/h2-3,6-10,12H,1,4-5,11H2. The van der Waals surface area contributed by atoms with Gasteiger partial charge in [0, 0.05) is 17.5 Å². The van der Waals surface area contributed by atoms with Crippen LogP contribution in [0.25, 0.3) is 0 Å². The van der Waals surface area contributed by atoms with E-state index in [0.29, 0.717) is 11.5 Å². The molecule has 21 heavy (non-hydrogen) atoms. The predicted octanol–water partition coefficient (Wildman–Crippen LogP) is 4.66. The summed E-state index contributed by atoms with van der Waals surface area (Å²) in [6.45, 7) is 0. The van der Waals surface area contributed by atoms with E-state index in [1.165, 1.54) is 24.6 Å². The average molecular weight is 286 g/mol. The Balaban J connectivity index is 1.82. The Morgan fingerprint density at radius 3 is 2.33 bits per heavy atom. The van der Waals surface area contributed by atoms with Gasteiger partial charge in [0.1, 0.15) is 11.6 Å². The van der Waals surface area contributed by atoms with Crippen LogP contribution >= 0.6 is 0 Å². The second-order valence-electron chi connectivity index (χ2n) is 5.55. The van der Waals surface area contributed by atoms with Crippen LogP contribution in [-0.2, 0) is 6.42 Å². The van der Waals surface area contributed by atoms with Gasteiger partial charge in [-0.05, 0) is 42.5 Å². The molecule has 1 nitrogen and oxygen atoms in total. The molecule has 0 radical (unpaired) electrons. The fraction of sp³-hybridized carbons (Fsp3) is 0.278. The molecule has 0 bridgehead atoms. The van der Waals surface area contributed by atoms with E-state index in [0.717, 1.165) is 18.4 Å². The molecule has 1 aliphatic rings. The summed E-state index contributed by atoms with van der Waals surface area (Å²) in [5.74, 6) is -1.06. The Morgan fingerprint density at radius 2 is 1.71 bits per heavy atom. The van der Waals surface area contributed by atoms with E-state index in [-0.39, 0.29) is 17.8 Å². The average Bonchev–Trinajstić information content (AvgIpc) is 2.41. The number of benzene rings is 2. The highest BCUT2D eigenvalue weighted by Gasteiger charge is 2.21. The minimum atomic E-state index is -0.668. The molecule has 0 unspecified atom stereocenters. The van der Waals surface area contributed by atoms with Crippen LogP contribution in [0.5, 0.6) is 0 Å². The highest BCUT2D eigenvalue weighted by Crippen LogP contribution is 2.36. The summed E-state index contributed by atoms with van der Waals surface area (Å²) in [5, 5.41) is 0. The van der Waals surface area contributed by atoms with E-state index in [4.69, 9.17) is 0 Å². The van der Waals surface area contributed by atoms with E-state index in [2.05, 4.69) is 0 Å². The zero-order valence-corrected chi connectivity index (χ0v) is 11.6. The molecule has 0 amide bonds. The van der Waals surface area contributed by atoms with Gasteiger partial charge < -0.3 is 0 Å². The Kier molecular flexibility index (Phi) is 3.82.